The number of benzene rings is 1. The number of aldehydes is 1. The number of hydrogen-bond acceptors (Lipinski definition) is 6. The van der Waals surface area contributed by atoms with Gasteiger partial charge in [0.2, 0.25) is 5.75 Å². The van der Waals surface area contributed by atoms with Gasteiger partial charge in [-0.3, -0.25) is 14.9 Å². The van der Waals surface area contributed by atoms with Crippen LogP contribution < -0.4 is 4.74 Å². The summed E-state index contributed by atoms with van der Waals surface area (Å²) in [7, 11) is 0. The summed E-state index contributed by atoms with van der Waals surface area (Å²) >= 11 is 1.08. The van der Waals surface area contributed by atoms with Gasteiger partial charge in [0.15, 0.2) is 11.3 Å². The highest BCUT2D eigenvalue weighted by atomic mass is 32.1. The van der Waals surface area contributed by atoms with E-state index in [1.807, 2.05) is 6.07 Å². The molecule has 1 heterocycles. The van der Waals surface area contributed by atoms with Crippen molar-refractivity contribution < 1.29 is 14.5 Å². The van der Waals surface area contributed by atoms with E-state index >= 15 is 0 Å². The maximum atomic E-state index is 10.9. The molecule has 0 aliphatic carbocycles. The highest BCUT2D eigenvalue weighted by Gasteiger charge is 2.17. The molecule has 0 unspecified atom stereocenters. The van der Waals surface area contributed by atoms with Crippen molar-refractivity contribution >= 4 is 23.3 Å². The first-order chi connectivity index (χ1) is 9.13. The van der Waals surface area contributed by atoms with E-state index in [4.69, 9.17) is 10.00 Å². The Morgan fingerprint density at radius 1 is 1.37 bits per heavy atom. The van der Waals surface area contributed by atoms with Gasteiger partial charge < -0.3 is 4.74 Å². The van der Waals surface area contributed by atoms with Crippen LogP contribution >= 0.6 is 11.3 Å². The van der Waals surface area contributed by atoms with Gasteiger partial charge in [-0.1, -0.05) is 11.3 Å². The van der Waals surface area contributed by atoms with Crippen LogP contribution in [0.2, 0.25) is 0 Å². The van der Waals surface area contributed by atoms with E-state index in [2.05, 4.69) is 0 Å². The van der Waals surface area contributed by atoms with Crippen molar-refractivity contribution in [2.75, 3.05) is 0 Å². The maximum Gasteiger partial charge on any atom is 0.312 e. The number of nitrogens with zero attached hydrogens (tertiary/aromatic N) is 2. The molecule has 1 aromatic carbocycles. The maximum absolute atomic E-state index is 10.9. The van der Waals surface area contributed by atoms with Gasteiger partial charge in [0.25, 0.3) is 0 Å². The molecule has 2 rings (SSSR count). The van der Waals surface area contributed by atoms with Crippen LogP contribution in [0.4, 0.5) is 5.69 Å². The van der Waals surface area contributed by atoms with Crippen molar-refractivity contribution in [1.82, 2.24) is 0 Å². The Labute approximate surface area is 111 Å². The van der Waals surface area contributed by atoms with Gasteiger partial charge in [-0.2, -0.15) is 5.26 Å². The zero-order valence-corrected chi connectivity index (χ0v) is 10.2. The van der Waals surface area contributed by atoms with Crippen LogP contribution in [0.5, 0.6) is 10.8 Å². The lowest BCUT2D eigenvalue weighted by atomic mass is 10.2. The molecule has 0 aliphatic heterocycles. The molecule has 0 saturated carbocycles. The molecule has 0 spiro atoms. The van der Waals surface area contributed by atoms with Gasteiger partial charge >= 0.3 is 5.69 Å². The largest absolute Gasteiger partial charge is 0.439 e. The molecule has 1 aromatic heterocycles. The fourth-order valence-corrected chi connectivity index (χ4v) is 2.06. The molecular formula is C12H6N2O4S. The first kappa shape index (κ1) is 12.7. The van der Waals surface area contributed by atoms with Crippen molar-refractivity contribution in [2.24, 2.45) is 0 Å². The molecule has 0 atom stereocenters. The summed E-state index contributed by atoms with van der Waals surface area (Å²) in [6.07, 6.45) is 0.671. The topological polar surface area (TPSA) is 93.2 Å². The average molecular weight is 274 g/mol. The van der Waals surface area contributed by atoms with Crippen LogP contribution in [-0.2, 0) is 0 Å². The molecule has 0 radical (unpaired) electrons. The summed E-state index contributed by atoms with van der Waals surface area (Å²) in [5.74, 6) is 0.0308. The highest BCUT2D eigenvalue weighted by molar-refractivity contribution is 7.15. The predicted molar refractivity (Wildman–Crippen MR) is 67.6 cm³/mol. The van der Waals surface area contributed by atoms with Crippen LogP contribution in [0.1, 0.15) is 15.2 Å². The van der Waals surface area contributed by atoms with Crippen molar-refractivity contribution in [3.8, 4) is 16.9 Å². The minimum atomic E-state index is -0.621. The third kappa shape index (κ3) is 2.75. The number of thiophene rings is 1. The second-order valence-electron chi connectivity index (χ2n) is 3.43. The average Bonchev–Trinajstić information content (AvgIpc) is 2.86. The number of carbonyl (C=O) groups excluding carboxylic acids is 1. The van der Waals surface area contributed by atoms with Crippen LogP contribution in [0.15, 0.2) is 30.3 Å². The van der Waals surface area contributed by atoms with Crippen molar-refractivity contribution in [3.05, 3.63) is 50.9 Å². The lowest BCUT2D eigenvalue weighted by Gasteiger charge is -2.03. The smallest absolute Gasteiger partial charge is 0.312 e. The van der Waals surface area contributed by atoms with Gasteiger partial charge in [-0.25, -0.2) is 0 Å². The summed E-state index contributed by atoms with van der Waals surface area (Å²) < 4.78 is 5.36. The minimum absolute atomic E-state index is 0.0308. The molecule has 2 aromatic rings. The van der Waals surface area contributed by atoms with E-state index < -0.39 is 4.92 Å². The molecule has 0 bridgehead atoms. The number of nitro benzene ring substituents is 1. The predicted octanol–water partition coefficient (Wildman–Crippen LogP) is 3.13. The first-order valence-electron chi connectivity index (χ1n) is 5.05. The SMILES string of the molecule is N#Cc1ccc(Oc2ccc(C=O)s2)c([N+](=O)[O-])c1. The summed E-state index contributed by atoms with van der Waals surface area (Å²) in [6, 6.07) is 8.86. The highest BCUT2D eigenvalue weighted by Crippen LogP contribution is 2.35. The normalized spacial score (nSPS) is 9.63. The van der Waals surface area contributed by atoms with E-state index in [-0.39, 0.29) is 17.0 Å². The summed E-state index contributed by atoms with van der Waals surface area (Å²) in [6.45, 7) is 0. The number of nitriles is 1. The lowest BCUT2D eigenvalue weighted by molar-refractivity contribution is -0.385. The Hall–Kier alpha value is -2.72. The third-order valence-corrected chi connectivity index (χ3v) is 3.10. The molecule has 19 heavy (non-hydrogen) atoms. The van der Waals surface area contributed by atoms with Crippen LogP contribution in [0.3, 0.4) is 0 Å². The van der Waals surface area contributed by atoms with E-state index in [1.165, 1.54) is 12.1 Å². The Kier molecular flexibility index (Phi) is 3.54. The number of nitro groups is 1. The van der Waals surface area contributed by atoms with Gasteiger partial charge in [0.1, 0.15) is 0 Å². The van der Waals surface area contributed by atoms with Crippen LogP contribution in [0, 0.1) is 21.4 Å². The Morgan fingerprint density at radius 3 is 2.74 bits per heavy atom. The molecule has 7 heteroatoms. The fourth-order valence-electron chi connectivity index (χ4n) is 1.38. The summed E-state index contributed by atoms with van der Waals surface area (Å²) in [5, 5.41) is 20.0. The number of ether oxygens (including phenoxy) is 1. The Balaban J connectivity index is 2.36. The molecule has 0 fully saturated rings. The number of hydrogen-bond donors (Lipinski definition) is 0. The molecule has 0 saturated heterocycles. The van der Waals surface area contributed by atoms with Crippen LogP contribution in [-0.4, -0.2) is 11.2 Å². The van der Waals surface area contributed by atoms with E-state index in [0.717, 1.165) is 17.4 Å². The molecule has 6 nitrogen and oxygen atoms in total. The number of rotatable bonds is 4. The monoisotopic (exact) mass is 274 g/mol. The summed E-state index contributed by atoms with van der Waals surface area (Å²) in [4.78, 5) is 21.3. The standard InChI is InChI=1S/C12H6N2O4S/c13-6-8-1-3-11(10(5-8)14(16)17)18-12-4-2-9(7-15)19-12/h1-5,7H. The molecule has 94 valence electrons. The van der Waals surface area contributed by atoms with Crippen molar-refractivity contribution in [2.45, 2.75) is 0 Å². The van der Waals surface area contributed by atoms with Gasteiger partial charge in [0, 0.05) is 6.07 Å². The minimum Gasteiger partial charge on any atom is -0.439 e. The second kappa shape index (κ2) is 5.29. The zero-order valence-electron chi connectivity index (χ0n) is 9.40. The number of carbonyl (C=O) groups is 1. The van der Waals surface area contributed by atoms with Gasteiger partial charge in [-0.05, 0) is 24.3 Å². The van der Waals surface area contributed by atoms with Crippen molar-refractivity contribution in [3.63, 3.8) is 0 Å². The quantitative estimate of drug-likeness (QED) is 0.485. The van der Waals surface area contributed by atoms with E-state index in [1.54, 1.807) is 12.1 Å². The molecule has 0 aliphatic rings. The first-order valence-corrected chi connectivity index (χ1v) is 5.87. The molecule has 0 amide bonds. The summed E-state index contributed by atoms with van der Waals surface area (Å²) in [5.41, 5.74) is -0.112. The Bertz CT molecular complexity index is 687. The second-order valence-corrected chi connectivity index (χ2v) is 4.51. The van der Waals surface area contributed by atoms with E-state index in [9.17, 15) is 14.9 Å². The lowest BCUT2D eigenvalue weighted by Crippen LogP contribution is -1.93. The third-order valence-electron chi connectivity index (χ3n) is 2.21. The fraction of sp³-hybridized carbons (Fsp3) is 0. The van der Waals surface area contributed by atoms with Gasteiger partial charge in [-0.15, -0.1) is 0 Å². The van der Waals surface area contributed by atoms with E-state index in [0.29, 0.717) is 16.2 Å². The molecular weight excluding hydrogens is 268 g/mol. The molecule has 0 N–H and O–H groups in total. The Morgan fingerprint density at radius 2 is 2.16 bits per heavy atom. The van der Waals surface area contributed by atoms with Crippen LogP contribution in [0.25, 0.3) is 0 Å². The zero-order chi connectivity index (χ0) is 13.8. The van der Waals surface area contributed by atoms with Crippen molar-refractivity contribution in [1.29, 1.82) is 5.26 Å². The van der Waals surface area contributed by atoms with Gasteiger partial charge in [0.05, 0.1) is 21.4 Å².